The first-order chi connectivity index (χ1) is 16.2. The van der Waals surface area contributed by atoms with Gasteiger partial charge in [-0.1, -0.05) is 37.3 Å². The number of urea groups is 1. The number of rotatable bonds is 9. The summed E-state index contributed by atoms with van der Waals surface area (Å²) in [6.45, 7) is 3.96. The van der Waals surface area contributed by atoms with Crippen LogP contribution in [0.5, 0.6) is 11.5 Å². The molecule has 9 heteroatoms. The van der Waals surface area contributed by atoms with Crippen LogP contribution in [0, 0.1) is 5.82 Å². The van der Waals surface area contributed by atoms with E-state index in [9.17, 15) is 17.6 Å². The molecule has 0 heterocycles. The lowest BCUT2D eigenvalue weighted by atomic mass is 10.1. The molecule has 0 aliphatic heterocycles. The molecule has 1 N–H and O–H groups in total. The van der Waals surface area contributed by atoms with Crippen molar-refractivity contribution in [1.82, 2.24) is 4.90 Å². The maximum absolute atomic E-state index is 13.2. The first-order valence-electron chi connectivity index (χ1n) is 10.7. The Kier molecular flexibility index (Phi) is 8.12. The van der Waals surface area contributed by atoms with Crippen LogP contribution in [-0.2, 0) is 16.7 Å². The van der Waals surface area contributed by atoms with E-state index in [1.807, 2.05) is 13.8 Å². The number of carbonyl (C=O) groups excluding carboxylic acids is 1. The first-order valence-corrected chi connectivity index (χ1v) is 12.1. The van der Waals surface area contributed by atoms with Crippen molar-refractivity contribution >= 4 is 21.8 Å². The summed E-state index contributed by atoms with van der Waals surface area (Å²) in [6, 6.07) is 17.5. The predicted molar refractivity (Wildman–Crippen MR) is 128 cm³/mol. The molecule has 0 saturated carbocycles. The highest BCUT2D eigenvalue weighted by Gasteiger charge is 2.24. The number of anilines is 1. The molecule has 0 aromatic heterocycles. The van der Waals surface area contributed by atoms with E-state index >= 15 is 0 Å². The van der Waals surface area contributed by atoms with Crippen molar-refractivity contribution in [3.63, 3.8) is 0 Å². The van der Waals surface area contributed by atoms with E-state index in [0.717, 1.165) is 24.3 Å². The Morgan fingerprint density at radius 2 is 1.62 bits per heavy atom. The van der Waals surface area contributed by atoms with Crippen LogP contribution in [0.25, 0.3) is 0 Å². The fourth-order valence-electron chi connectivity index (χ4n) is 3.25. The van der Waals surface area contributed by atoms with Gasteiger partial charge in [-0.25, -0.2) is 9.18 Å². The van der Waals surface area contributed by atoms with E-state index in [0.29, 0.717) is 23.4 Å². The maximum Gasteiger partial charge on any atom is 0.339 e. The molecule has 34 heavy (non-hydrogen) atoms. The molecular formula is C25H27FN2O5S. The van der Waals surface area contributed by atoms with Crippen LogP contribution in [0.2, 0.25) is 0 Å². The standard InChI is InChI=1S/C25H27FN2O5S/c1-4-18(2)28(25(29)27-22-10-6-8-12-24(22)32-3)17-19-9-5-7-11-23(19)33-34(30,31)21-15-13-20(26)14-16-21/h5-16,18H,4,17H2,1-3H3,(H,27,29)/t18-/m1/s1. The molecule has 0 unspecified atom stereocenters. The number of hydrogen-bond donors (Lipinski definition) is 1. The molecule has 1 atom stereocenters. The summed E-state index contributed by atoms with van der Waals surface area (Å²) < 4.78 is 49.4. The Morgan fingerprint density at radius 1 is 1.00 bits per heavy atom. The quantitative estimate of drug-likeness (QED) is 0.408. The van der Waals surface area contributed by atoms with Crippen LogP contribution in [0.4, 0.5) is 14.9 Å². The molecule has 0 aliphatic rings. The van der Waals surface area contributed by atoms with Gasteiger partial charge in [-0.15, -0.1) is 0 Å². The zero-order valence-electron chi connectivity index (χ0n) is 19.2. The van der Waals surface area contributed by atoms with Gasteiger partial charge in [0.2, 0.25) is 0 Å². The predicted octanol–water partition coefficient (Wildman–Crippen LogP) is 5.43. The van der Waals surface area contributed by atoms with Crippen molar-refractivity contribution in [2.45, 2.75) is 37.8 Å². The average molecular weight is 487 g/mol. The second kappa shape index (κ2) is 11.0. The normalized spacial score (nSPS) is 12.0. The number of carbonyl (C=O) groups is 1. The Balaban J connectivity index is 1.86. The number of amides is 2. The second-order valence-corrected chi connectivity index (χ2v) is 9.16. The molecule has 0 saturated heterocycles. The van der Waals surface area contributed by atoms with E-state index in [1.165, 1.54) is 13.2 Å². The van der Waals surface area contributed by atoms with Crippen molar-refractivity contribution in [3.8, 4) is 11.5 Å². The highest BCUT2D eigenvalue weighted by atomic mass is 32.2. The lowest BCUT2D eigenvalue weighted by Crippen LogP contribution is -2.40. The lowest BCUT2D eigenvalue weighted by Gasteiger charge is -2.29. The molecule has 0 bridgehead atoms. The summed E-state index contributed by atoms with van der Waals surface area (Å²) in [4.78, 5) is 14.6. The minimum Gasteiger partial charge on any atom is -0.495 e. The topological polar surface area (TPSA) is 84.9 Å². The Bertz CT molecular complexity index is 1230. The number of hydrogen-bond acceptors (Lipinski definition) is 5. The van der Waals surface area contributed by atoms with Gasteiger partial charge in [0.25, 0.3) is 0 Å². The molecule has 3 aromatic carbocycles. The highest BCUT2D eigenvalue weighted by Crippen LogP contribution is 2.27. The first kappa shape index (κ1) is 25.0. The van der Waals surface area contributed by atoms with Gasteiger partial charge >= 0.3 is 16.1 Å². The van der Waals surface area contributed by atoms with Gasteiger partial charge in [-0.3, -0.25) is 0 Å². The zero-order valence-corrected chi connectivity index (χ0v) is 20.0. The van der Waals surface area contributed by atoms with Gasteiger partial charge in [-0.2, -0.15) is 8.42 Å². The highest BCUT2D eigenvalue weighted by molar-refractivity contribution is 7.87. The SMILES string of the molecule is CC[C@@H](C)N(Cc1ccccc1OS(=O)(=O)c1ccc(F)cc1)C(=O)Nc1ccccc1OC. The van der Waals surface area contributed by atoms with E-state index < -0.39 is 15.9 Å². The molecule has 7 nitrogen and oxygen atoms in total. The molecular weight excluding hydrogens is 459 g/mol. The smallest absolute Gasteiger partial charge is 0.339 e. The molecule has 2 amide bonds. The van der Waals surface area contributed by atoms with Crippen LogP contribution >= 0.6 is 0 Å². The van der Waals surface area contributed by atoms with Gasteiger partial charge in [0.05, 0.1) is 19.3 Å². The fourth-order valence-corrected chi connectivity index (χ4v) is 4.21. The van der Waals surface area contributed by atoms with Crippen LogP contribution in [0.3, 0.4) is 0 Å². The minimum atomic E-state index is -4.19. The van der Waals surface area contributed by atoms with Gasteiger partial charge in [0, 0.05) is 11.6 Å². The molecule has 0 fully saturated rings. The number of para-hydroxylation sites is 3. The summed E-state index contributed by atoms with van der Waals surface area (Å²) in [5.41, 5.74) is 1.02. The third kappa shape index (κ3) is 6.05. The van der Waals surface area contributed by atoms with Crippen LogP contribution in [-0.4, -0.2) is 32.5 Å². The third-order valence-electron chi connectivity index (χ3n) is 5.35. The third-order valence-corrected chi connectivity index (χ3v) is 6.60. The van der Waals surface area contributed by atoms with E-state index in [1.54, 1.807) is 47.4 Å². The number of halogens is 1. The van der Waals surface area contributed by atoms with Crippen LogP contribution < -0.4 is 14.2 Å². The van der Waals surface area contributed by atoms with Gasteiger partial charge in [0.1, 0.15) is 22.2 Å². The summed E-state index contributed by atoms with van der Waals surface area (Å²) >= 11 is 0. The molecule has 3 aromatic rings. The second-order valence-electron chi connectivity index (χ2n) is 7.61. The van der Waals surface area contributed by atoms with Crippen molar-refractivity contribution in [1.29, 1.82) is 0 Å². The molecule has 0 spiro atoms. The monoisotopic (exact) mass is 486 g/mol. The van der Waals surface area contributed by atoms with E-state index in [4.69, 9.17) is 8.92 Å². The number of nitrogens with one attached hydrogen (secondary N) is 1. The molecule has 3 rings (SSSR count). The molecule has 0 aliphatic carbocycles. The lowest BCUT2D eigenvalue weighted by molar-refractivity contribution is 0.186. The van der Waals surface area contributed by atoms with Gasteiger partial charge in [-0.05, 0) is 55.8 Å². The van der Waals surface area contributed by atoms with Crippen molar-refractivity contribution in [3.05, 3.63) is 84.2 Å². The van der Waals surface area contributed by atoms with Crippen molar-refractivity contribution in [2.75, 3.05) is 12.4 Å². The van der Waals surface area contributed by atoms with Gasteiger partial charge < -0.3 is 19.1 Å². The van der Waals surface area contributed by atoms with E-state index in [2.05, 4.69) is 5.32 Å². The van der Waals surface area contributed by atoms with Crippen molar-refractivity contribution in [2.24, 2.45) is 0 Å². The van der Waals surface area contributed by atoms with Crippen molar-refractivity contribution < 1.29 is 26.5 Å². The van der Waals surface area contributed by atoms with E-state index in [-0.39, 0.29) is 29.3 Å². The largest absolute Gasteiger partial charge is 0.495 e. The van der Waals surface area contributed by atoms with Gasteiger partial charge in [0.15, 0.2) is 0 Å². The summed E-state index contributed by atoms with van der Waals surface area (Å²) in [7, 11) is -2.67. The number of benzene rings is 3. The Hall–Kier alpha value is -3.59. The zero-order chi connectivity index (χ0) is 24.7. The number of nitrogens with zero attached hydrogens (tertiary/aromatic N) is 1. The van der Waals surface area contributed by atoms with Crippen LogP contribution in [0.15, 0.2) is 77.7 Å². The number of ether oxygens (including phenoxy) is 1. The molecule has 180 valence electrons. The Labute approximate surface area is 199 Å². The maximum atomic E-state index is 13.2. The summed E-state index contributed by atoms with van der Waals surface area (Å²) in [6.07, 6.45) is 0.677. The fraction of sp³-hybridized carbons (Fsp3) is 0.240. The molecule has 0 radical (unpaired) electrons. The Morgan fingerprint density at radius 3 is 2.26 bits per heavy atom. The summed E-state index contributed by atoms with van der Waals surface area (Å²) in [5.74, 6) is 0.0592. The summed E-state index contributed by atoms with van der Waals surface area (Å²) in [5, 5.41) is 2.86. The average Bonchev–Trinajstić information content (AvgIpc) is 2.83. The number of methoxy groups -OCH3 is 1. The van der Waals surface area contributed by atoms with Crippen LogP contribution in [0.1, 0.15) is 25.8 Å². The minimum absolute atomic E-state index is 0.0882.